The molecule has 1 saturated carbocycles. The molecule has 1 aromatic carbocycles. The van der Waals surface area contributed by atoms with Crippen molar-refractivity contribution in [2.45, 2.75) is 65.2 Å². The van der Waals surface area contributed by atoms with Crippen molar-refractivity contribution in [3.05, 3.63) is 35.4 Å². The topological polar surface area (TPSA) is 26.0 Å². The van der Waals surface area contributed by atoms with E-state index >= 15 is 0 Å². The van der Waals surface area contributed by atoms with Crippen molar-refractivity contribution in [1.29, 1.82) is 0 Å². The second kappa shape index (κ2) is 6.76. The van der Waals surface area contributed by atoms with Gasteiger partial charge in [-0.3, -0.25) is 0 Å². The van der Waals surface area contributed by atoms with Crippen LogP contribution < -0.4 is 5.73 Å². The van der Waals surface area contributed by atoms with Gasteiger partial charge in [-0.2, -0.15) is 0 Å². The average molecular weight is 273 g/mol. The van der Waals surface area contributed by atoms with Crippen molar-refractivity contribution in [3.63, 3.8) is 0 Å². The van der Waals surface area contributed by atoms with Gasteiger partial charge in [0.05, 0.1) is 0 Å². The van der Waals surface area contributed by atoms with E-state index < -0.39 is 0 Å². The third-order valence-electron chi connectivity index (χ3n) is 5.04. The summed E-state index contributed by atoms with van der Waals surface area (Å²) in [5, 5.41) is 0. The van der Waals surface area contributed by atoms with E-state index in [0.29, 0.717) is 5.41 Å². The number of nitrogens with two attached hydrogens (primary N) is 1. The molecular weight excluding hydrogens is 242 g/mol. The van der Waals surface area contributed by atoms with Crippen molar-refractivity contribution >= 4 is 0 Å². The minimum atomic E-state index is 0.480. The Hall–Kier alpha value is -0.820. The Morgan fingerprint density at radius 1 is 1.10 bits per heavy atom. The van der Waals surface area contributed by atoms with Gasteiger partial charge in [0.25, 0.3) is 0 Å². The molecule has 0 radical (unpaired) electrons. The molecule has 0 aliphatic heterocycles. The lowest BCUT2D eigenvalue weighted by atomic mass is 9.68. The number of hydrogen-bond acceptors (Lipinski definition) is 1. The first-order valence-corrected chi connectivity index (χ1v) is 8.29. The van der Waals surface area contributed by atoms with E-state index in [0.717, 1.165) is 31.2 Å². The van der Waals surface area contributed by atoms with Crippen molar-refractivity contribution < 1.29 is 0 Å². The third kappa shape index (κ3) is 4.09. The summed E-state index contributed by atoms with van der Waals surface area (Å²) in [4.78, 5) is 0. The summed E-state index contributed by atoms with van der Waals surface area (Å²) < 4.78 is 0. The molecule has 2 N–H and O–H groups in total. The van der Waals surface area contributed by atoms with Crippen LogP contribution in [0.3, 0.4) is 0 Å². The maximum Gasteiger partial charge on any atom is -0.00741 e. The molecule has 1 heteroatoms. The first-order valence-electron chi connectivity index (χ1n) is 8.29. The minimum Gasteiger partial charge on any atom is -0.330 e. The summed E-state index contributed by atoms with van der Waals surface area (Å²) in [6.07, 6.45) is 7.73. The van der Waals surface area contributed by atoms with Crippen LogP contribution in [-0.2, 0) is 6.42 Å². The number of benzene rings is 1. The second-order valence-corrected chi connectivity index (χ2v) is 7.55. The maximum absolute atomic E-state index is 5.61. The van der Waals surface area contributed by atoms with Gasteiger partial charge in [0, 0.05) is 0 Å². The Labute approximate surface area is 125 Å². The normalized spacial score (nSPS) is 23.8. The fraction of sp³-hybridized carbons (Fsp3) is 0.684. The Bertz CT molecular complexity index is 408. The summed E-state index contributed by atoms with van der Waals surface area (Å²) in [7, 11) is 0. The molecule has 112 valence electrons. The Morgan fingerprint density at radius 3 is 2.40 bits per heavy atom. The molecule has 1 aliphatic rings. The first kappa shape index (κ1) is 15.6. The van der Waals surface area contributed by atoms with Crippen LogP contribution in [0, 0.1) is 11.3 Å². The standard InChI is InChI=1S/C19H31N/c1-19(2,3)18-11-9-16(10-12-18)17-8-4-6-15(14-17)7-5-13-20/h4,6,8,14,16,18H,5,7,9-13,20H2,1-3H3. The number of hydrogen-bond donors (Lipinski definition) is 1. The molecule has 0 amide bonds. The summed E-state index contributed by atoms with van der Waals surface area (Å²) in [5.41, 5.74) is 9.12. The Balaban J connectivity index is 1.96. The van der Waals surface area contributed by atoms with Gasteiger partial charge in [-0.25, -0.2) is 0 Å². The lowest BCUT2D eigenvalue weighted by molar-refractivity contribution is 0.169. The highest BCUT2D eigenvalue weighted by atomic mass is 14.5. The van der Waals surface area contributed by atoms with E-state index in [9.17, 15) is 0 Å². The molecule has 1 nitrogen and oxygen atoms in total. The summed E-state index contributed by atoms with van der Waals surface area (Å²) in [5.74, 6) is 1.69. The average Bonchev–Trinajstić information content (AvgIpc) is 2.45. The third-order valence-corrected chi connectivity index (χ3v) is 5.04. The van der Waals surface area contributed by atoms with Crippen LogP contribution in [0.1, 0.15) is 69.9 Å². The minimum absolute atomic E-state index is 0.480. The summed E-state index contributed by atoms with van der Waals surface area (Å²) >= 11 is 0. The van der Waals surface area contributed by atoms with Gasteiger partial charge in [0.2, 0.25) is 0 Å². The van der Waals surface area contributed by atoms with Crippen molar-refractivity contribution in [1.82, 2.24) is 0 Å². The molecule has 20 heavy (non-hydrogen) atoms. The molecule has 0 heterocycles. The van der Waals surface area contributed by atoms with E-state index in [2.05, 4.69) is 45.0 Å². The molecule has 0 saturated heterocycles. The molecule has 1 fully saturated rings. The highest BCUT2D eigenvalue weighted by Gasteiger charge is 2.30. The summed E-state index contributed by atoms with van der Waals surface area (Å²) in [6, 6.07) is 9.24. The number of rotatable bonds is 4. The van der Waals surface area contributed by atoms with Crippen molar-refractivity contribution in [3.8, 4) is 0 Å². The zero-order valence-electron chi connectivity index (χ0n) is 13.5. The molecule has 1 aliphatic carbocycles. The predicted octanol–water partition coefficient (Wildman–Crippen LogP) is 4.90. The molecular formula is C19H31N. The first-order chi connectivity index (χ1) is 9.50. The van der Waals surface area contributed by atoms with Gasteiger partial charge in [-0.05, 0) is 73.4 Å². The van der Waals surface area contributed by atoms with Gasteiger partial charge in [-0.1, -0.05) is 45.0 Å². The quantitative estimate of drug-likeness (QED) is 0.829. The molecule has 0 bridgehead atoms. The highest BCUT2D eigenvalue weighted by Crippen LogP contribution is 2.43. The van der Waals surface area contributed by atoms with Gasteiger partial charge in [0.15, 0.2) is 0 Å². The number of aryl methyl sites for hydroxylation is 1. The SMILES string of the molecule is CC(C)(C)C1CCC(c2cccc(CCCN)c2)CC1. The van der Waals surface area contributed by atoms with Gasteiger partial charge >= 0.3 is 0 Å². The Kier molecular flexibility index (Phi) is 5.26. The molecule has 1 aromatic rings. The Morgan fingerprint density at radius 2 is 1.80 bits per heavy atom. The van der Waals surface area contributed by atoms with Crippen LogP contribution in [0.2, 0.25) is 0 Å². The smallest absolute Gasteiger partial charge is 0.00741 e. The van der Waals surface area contributed by atoms with Gasteiger partial charge in [-0.15, -0.1) is 0 Å². The van der Waals surface area contributed by atoms with Crippen molar-refractivity contribution in [2.24, 2.45) is 17.1 Å². The zero-order valence-corrected chi connectivity index (χ0v) is 13.5. The van der Waals surface area contributed by atoms with Gasteiger partial charge in [0.1, 0.15) is 0 Å². The molecule has 0 unspecified atom stereocenters. The molecule has 2 rings (SSSR count). The van der Waals surface area contributed by atoms with Crippen LogP contribution in [0.4, 0.5) is 0 Å². The summed E-state index contributed by atoms with van der Waals surface area (Å²) in [6.45, 7) is 7.98. The molecule has 0 spiro atoms. The largest absolute Gasteiger partial charge is 0.330 e. The second-order valence-electron chi connectivity index (χ2n) is 7.55. The van der Waals surface area contributed by atoms with Crippen LogP contribution >= 0.6 is 0 Å². The van der Waals surface area contributed by atoms with E-state index in [1.807, 2.05) is 0 Å². The maximum atomic E-state index is 5.61. The van der Waals surface area contributed by atoms with Crippen molar-refractivity contribution in [2.75, 3.05) is 6.54 Å². The van der Waals surface area contributed by atoms with Crippen LogP contribution in [0.25, 0.3) is 0 Å². The molecule has 0 atom stereocenters. The monoisotopic (exact) mass is 273 g/mol. The molecule has 0 aromatic heterocycles. The lowest BCUT2D eigenvalue weighted by Crippen LogP contribution is -2.25. The fourth-order valence-corrected chi connectivity index (χ4v) is 3.60. The van der Waals surface area contributed by atoms with E-state index in [1.54, 1.807) is 5.56 Å². The highest BCUT2D eigenvalue weighted by molar-refractivity contribution is 5.27. The van der Waals surface area contributed by atoms with Gasteiger partial charge < -0.3 is 5.73 Å². The zero-order chi connectivity index (χ0) is 14.6. The van der Waals surface area contributed by atoms with E-state index in [1.165, 1.54) is 31.2 Å². The van der Waals surface area contributed by atoms with Crippen LogP contribution in [0.15, 0.2) is 24.3 Å². The van der Waals surface area contributed by atoms with Crippen LogP contribution in [0.5, 0.6) is 0 Å². The van der Waals surface area contributed by atoms with E-state index in [-0.39, 0.29) is 0 Å². The fourth-order valence-electron chi connectivity index (χ4n) is 3.60. The van der Waals surface area contributed by atoms with E-state index in [4.69, 9.17) is 5.73 Å². The predicted molar refractivity (Wildman–Crippen MR) is 88.0 cm³/mol. The van der Waals surface area contributed by atoms with Crippen LogP contribution in [-0.4, -0.2) is 6.54 Å². The lowest BCUT2D eigenvalue weighted by Gasteiger charge is -2.37.